The Morgan fingerprint density at radius 3 is 3.04 bits per heavy atom. The van der Waals surface area contributed by atoms with Crippen molar-refractivity contribution < 1.29 is 4.79 Å². The fourth-order valence-electron chi connectivity index (χ4n) is 3.63. The number of carbonyl (C=O) groups is 1. The fraction of sp³-hybridized carbons (Fsp3) is 0.333. The molecule has 0 bridgehead atoms. The molecule has 0 spiro atoms. The topological polar surface area (TPSA) is 53.9 Å². The van der Waals surface area contributed by atoms with Gasteiger partial charge >= 0.3 is 0 Å². The summed E-state index contributed by atoms with van der Waals surface area (Å²) in [7, 11) is 1.97. The van der Waals surface area contributed by atoms with Gasteiger partial charge in [-0.05, 0) is 37.1 Å². The molecule has 23 heavy (non-hydrogen) atoms. The Morgan fingerprint density at radius 1 is 1.30 bits per heavy atom. The number of nitrogens with one attached hydrogen (secondary N) is 1. The van der Waals surface area contributed by atoms with Crippen LogP contribution in [-0.2, 0) is 7.05 Å². The maximum Gasteiger partial charge on any atom is 0.254 e. The molecule has 1 atom stereocenters. The molecule has 1 aliphatic rings. The number of carbonyl (C=O) groups excluding carboxylic acids is 1. The van der Waals surface area contributed by atoms with Crippen LogP contribution < -0.4 is 0 Å². The predicted octanol–water partition coefficient (Wildman–Crippen LogP) is 2.92. The minimum Gasteiger partial charge on any atom is -0.361 e. The molecule has 5 nitrogen and oxygen atoms in total. The van der Waals surface area contributed by atoms with Gasteiger partial charge in [0.05, 0.1) is 0 Å². The van der Waals surface area contributed by atoms with Crippen molar-refractivity contribution in [1.29, 1.82) is 0 Å². The molecule has 1 saturated heterocycles. The molecule has 3 heterocycles. The largest absolute Gasteiger partial charge is 0.361 e. The number of fused-ring (bicyclic) bond motifs is 1. The summed E-state index contributed by atoms with van der Waals surface area (Å²) in [4.78, 5) is 18.2. The Morgan fingerprint density at radius 2 is 2.22 bits per heavy atom. The van der Waals surface area contributed by atoms with Crippen molar-refractivity contribution in [2.45, 2.75) is 18.8 Å². The van der Waals surface area contributed by atoms with Gasteiger partial charge in [0.25, 0.3) is 5.91 Å². The van der Waals surface area contributed by atoms with E-state index in [-0.39, 0.29) is 5.91 Å². The van der Waals surface area contributed by atoms with Crippen molar-refractivity contribution >= 4 is 16.8 Å². The number of hydrogen-bond acceptors (Lipinski definition) is 2. The molecule has 0 saturated carbocycles. The number of likely N-dealkylation sites (tertiary alicyclic amines) is 1. The normalized spacial score (nSPS) is 18.5. The summed E-state index contributed by atoms with van der Waals surface area (Å²) in [5, 5.41) is 5.26. The zero-order chi connectivity index (χ0) is 15.8. The second-order valence-electron chi connectivity index (χ2n) is 6.21. The Kier molecular flexibility index (Phi) is 3.41. The Labute approximate surface area is 134 Å². The van der Waals surface area contributed by atoms with Crippen LogP contribution in [0.15, 0.2) is 42.7 Å². The summed E-state index contributed by atoms with van der Waals surface area (Å²) in [6, 6.07) is 9.90. The van der Waals surface area contributed by atoms with Gasteiger partial charge in [0.2, 0.25) is 0 Å². The second-order valence-corrected chi connectivity index (χ2v) is 6.21. The molecule has 4 rings (SSSR count). The highest BCUT2D eigenvalue weighted by molar-refractivity contribution is 6.06. The first-order valence-corrected chi connectivity index (χ1v) is 8.07. The van der Waals surface area contributed by atoms with Gasteiger partial charge in [-0.1, -0.05) is 6.07 Å². The molecule has 1 aliphatic heterocycles. The zero-order valence-electron chi connectivity index (χ0n) is 13.2. The first-order chi connectivity index (χ1) is 11.2. The number of rotatable bonds is 2. The maximum absolute atomic E-state index is 13.0. The highest BCUT2D eigenvalue weighted by Gasteiger charge is 2.27. The van der Waals surface area contributed by atoms with E-state index < -0.39 is 0 Å². The van der Waals surface area contributed by atoms with Crippen molar-refractivity contribution in [3.63, 3.8) is 0 Å². The van der Waals surface area contributed by atoms with Crippen LogP contribution >= 0.6 is 0 Å². The van der Waals surface area contributed by atoms with Gasteiger partial charge in [-0.15, -0.1) is 0 Å². The van der Waals surface area contributed by atoms with E-state index in [1.807, 2.05) is 53.3 Å². The van der Waals surface area contributed by atoms with Crippen LogP contribution in [0.3, 0.4) is 0 Å². The van der Waals surface area contributed by atoms with Crippen LogP contribution in [-0.4, -0.2) is 38.7 Å². The molecule has 0 radical (unpaired) electrons. The molecule has 1 unspecified atom stereocenters. The third kappa shape index (κ3) is 2.42. The van der Waals surface area contributed by atoms with Crippen LogP contribution in [0.25, 0.3) is 10.9 Å². The van der Waals surface area contributed by atoms with Gasteiger partial charge in [0.15, 0.2) is 0 Å². The first kappa shape index (κ1) is 14.1. The number of piperidine rings is 1. The van der Waals surface area contributed by atoms with Crippen LogP contribution in [0, 0.1) is 0 Å². The molecule has 118 valence electrons. The zero-order valence-corrected chi connectivity index (χ0v) is 13.2. The van der Waals surface area contributed by atoms with Crippen LogP contribution in [0.5, 0.6) is 0 Å². The smallest absolute Gasteiger partial charge is 0.254 e. The molecule has 2 aromatic heterocycles. The van der Waals surface area contributed by atoms with Crippen LogP contribution in [0.1, 0.15) is 34.8 Å². The number of aryl methyl sites for hydroxylation is 1. The minimum atomic E-state index is 0.127. The molecule has 1 fully saturated rings. The van der Waals surface area contributed by atoms with E-state index in [0.717, 1.165) is 42.4 Å². The number of nitrogens with zero attached hydrogens (tertiary/aromatic N) is 3. The van der Waals surface area contributed by atoms with Crippen molar-refractivity contribution in [2.24, 2.45) is 7.05 Å². The van der Waals surface area contributed by atoms with Crippen molar-refractivity contribution in [1.82, 2.24) is 19.7 Å². The molecule has 1 aromatic carbocycles. The maximum atomic E-state index is 13.0. The third-order valence-electron chi connectivity index (χ3n) is 4.81. The molecular formula is C18H20N4O. The summed E-state index contributed by atoms with van der Waals surface area (Å²) in [5.74, 6) is 0.493. The summed E-state index contributed by atoms with van der Waals surface area (Å²) >= 11 is 0. The number of H-pyrrole nitrogens is 1. The van der Waals surface area contributed by atoms with Crippen LogP contribution in [0.4, 0.5) is 0 Å². The summed E-state index contributed by atoms with van der Waals surface area (Å²) < 4.78 is 1.92. The predicted molar refractivity (Wildman–Crippen MR) is 89.4 cm³/mol. The van der Waals surface area contributed by atoms with Gasteiger partial charge < -0.3 is 9.88 Å². The van der Waals surface area contributed by atoms with Crippen molar-refractivity contribution in [3.8, 4) is 0 Å². The van der Waals surface area contributed by atoms with Gasteiger partial charge in [0, 0.05) is 60.6 Å². The van der Waals surface area contributed by atoms with E-state index in [4.69, 9.17) is 0 Å². The lowest BCUT2D eigenvalue weighted by molar-refractivity contribution is 0.0706. The average molecular weight is 308 g/mol. The highest BCUT2D eigenvalue weighted by Crippen LogP contribution is 2.28. The second kappa shape index (κ2) is 5.57. The van der Waals surface area contributed by atoms with E-state index in [0.29, 0.717) is 5.92 Å². The number of aromatic amines is 1. The van der Waals surface area contributed by atoms with E-state index in [2.05, 4.69) is 16.1 Å². The lowest BCUT2D eigenvalue weighted by Crippen LogP contribution is -2.39. The van der Waals surface area contributed by atoms with Gasteiger partial charge in [-0.2, -0.15) is 5.10 Å². The SMILES string of the molecule is Cn1nccc1C1CCCN(C(=O)c2cccc3[nH]ccc23)C1. The number of benzene rings is 1. The molecule has 5 heteroatoms. The van der Waals surface area contributed by atoms with E-state index in [1.165, 1.54) is 5.69 Å². The summed E-state index contributed by atoms with van der Waals surface area (Å²) in [5.41, 5.74) is 3.01. The Hall–Kier alpha value is -2.56. The fourth-order valence-corrected chi connectivity index (χ4v) is 3.63. The third-order valence-corrected chi connectivity index (χ3v) is 4.81. The van der Waals surface area contributed by atoms with Gasteiger partial charge in [0.1, 0.15) is 0 Å². The number of amides is 1. The van der Waals surface area contributed by atoms with Crippen molar-refractivity contribution in [3.05, 3.63) is 54.0 Å². The number of hydrogen-bond donors (Lipinski definition) is 1. The molecule has 0 aliphatic carbocycles. The van der Waals surface area contributed by atoms with E-state index >= 15 is 0 Å². The summed E-state index contributed by atoms with van der Waals surface area (Å²) in [6.45, 7) is 1.59. The molecule has 1 amide bonds. The quantitative estimate of drug-likeness (QED) is 0.791. The standard InChI is InChI=1S/C18H20N4O/c1-21-17(8-10-20-21)13-4-3-11-22(12-13)18(23)15-5-2-6-16-14(15)7-9-19-16/h2,5-10,13,19H,3-4,11-12H2,1H3. The Bertz CT molecular complexity index is 847. The first-order valence-electron chi connectivity index (χ1n) is 8.07. The molecular weight excluding hydrogens is 288 g/mol. The van der Waals surface area contributed by atoms with Crippen molar-refractivity contribution in [2.75, 3.05) is 13.1 Å². The lowest BCUT2D eigenvalue weighted by atomic mass is 9.94. The van der Waals surface area contributed by atoms with Gasteiger partial charge in [-0.25, -0.2) is 0 Å². The average Bonchev–Trinajstić information content (AvgIpc) is 3.22. The van der Waals surface area contributed by atoms with E-state index in [1.54, 1.807) is 0 Å². The lowest BCUT2D eigenvalue weighted by Gasteiger charge is -2.33. The Balaban J connectivity index is 1.61. The monoisotopic (exact) mass is 308 g/mol. The minimum absolute atomic E-state index is 0.127. The number of aromatic nitrogens is 3. The molecule has 1 N–H and O–H groups in total. The van der Waals surface area contributed by atoms with Crippen LogP contribution in [0.2, 0.25) is 0 Å². The summed E-state index contributed by atoms with van der Waals surface area (Å²) in [6.07, 6.45) is 5.86. The van der Waals surface area contributed by atoms with E-state index in [9.17, 15) is 4.79 Å². The van der Waals surface area contributed by atoms with Gasteiger partial charge in [-0.3, -0.25) is 9.48 Å². The molecule has 3 aromatic rings. The highest BCUT2D eigenvalue weighted by atomic mass is 16.2.